The summed E-state index contributed by atoms with van der Waals surface area (Å²) in [5.41, 5.74) is -0.730. The normalized spacial score (nSPS) is 29.9. The number of hydrogen-bond donors (Lipinski definition) is 1. The van der Waals surface area contributed by atoms with E-state index in [1.54, 1.807) is 0 Å². The zero-order chi connectivity index (χ0) is 11.7. The molecule has 1 saturated carbocycles. The first-order valence-electron chi connectivity index (χ1n) is 5.15. The maximum atomic E-state index is 11.3. The van der Waals surface area contributed by atoms with Gasteiger partial charge in [0.2, 0.25) is 0 Å². The van der Waals surface area contributed by atoms with E-state index in [-0.39, 0.29) is 11.5 Å². The Labute approximate surface area is 90.6 Å². The molecule has 4 heteroatoms. The van der Waals surface area contributed by atoms with Crippen LogP contribution < -0.4 is 5.32 Å². The molecule has 1 aliphatic carbocycles. The predicted molar refractivity (Wildman–Crippen MR) is 56.1 cm³/mol. The van der Waals surface area contributed by atoms with E-state index in [2.05, 4.69) is 11.4 Å². The molecule has 4 nitrogen and oxygen atoms in total. The summed E-state index contributed by atoms with van der Waals surface area (Å²) in [6.07, 6.45) is 1.03. The molecular weight excluding hydrogens is 192 g/mol. The van der Waals surface area contributed by atoms with Crippen molar-refractivity contribution < 1.29 is 9.53 Å². The van der Waals surface area contributed by atoms with Crippen LogP contribution in [0.3, 0.4) is 0 Å². The first-order valence-corrected chi connectivity index (χ1v) is 5.15. The van der Waals surface area contributed by atoms with Crippen molar-refractivity contribution in [3.8, 4) is 6.07 Å². The maximum Gasteiger partial charge on any atom is 0.407 e. The monoisotopic (exact) mass is 210 g/mol. The van der Waals surface area contributed by atoms with E-state index in [4.69, 9.17) is 10.00 Å². The summed E-state index contributed by atoms with van der Waals surface area (Å²) in [6.45, 7) is 7.38. The number of hydrogen-bond acceptors (Lipinski definition) is 3. The third-order valence-corrected chi connectivity index (χ3v) is 2.38. The lowest BCUT2D eigenvalue weighted by atomic mass is 9.68. The van der Waals surface area contributed by atoms with Crippen LogP contribution in [-0.4, -0.2) is 17.7 Å². The van der Waals surface area contributed by atoms with E-state index < -0.39 is 11.7 Å². The lowest BCUT2D eigenvalue weighted by Gasteiger charge is -2.40. The van der Waals surface area contributed by atoms with Gasteiger partial charge in [-0.1, -0.05) is 0 Å². The summed E-state index contributed by atoms with van der Waals surface area (Å²) >= 11 is 0. The Balaban J connectivity index is 2.29. The average Bonchev–Trinajstić information content (AvgIpc) is 1.97. The summed E-state index contributed by atoms with van der Waals surface area (Å²) < 4.78 is 5.11. The highest BCUT2D eigenvalue weighted by molar-refractivity contribution is 5.68. The van der Waals surface area contributed by atoms with Gasteiger partial charge in [0.05, 0.1) is 11.5 Å². The number of nitrogens with zero attached hydrogens (tertiary/aromatic N) is 1. The molecular formula is C11H18N2O2. The van der Waals surface area contributed by atoms with Crippen molar-refractivity contribution in [3.63, 3.8) is 0 Å². The zero-order valence-electron chi connectivity index (χ0n) is 9.76. The van der Waals surface area contributed by atoms with Crippen LogP contribution >= 0.6 is 0 Å². The van der Waals surface area contributed by atoms with Crippen LogP contribution in [0.15, 0.2) is 0 Å². The first-order chi connectivity index (χ1) is 6.74. The molecule has 84 valence electrons. The molecule has 0 bridgehead atoms. The number of amides is 1. The lowest BCUT2D eigenvalue weighted by molar-refractivity contribution is 0.0425. The van der Waals surface area contributed by atoms with Gasteiger partial charge < -0.3 is 10.1 Å². The molecule has 0 aliphatic heterocycles. The van der Waals surface area contributed by atoms with Crippen molar-refractivity contribution in [1.82, 2.24) is 5.32 Å². The van der Waals surface area contributed by atoms with Crippen LogP contribution in [-0.2, 0) is 4.74 Å². The molecule has 0 aromatic heterocycles. The lowest BCUT2D eigenvalue weighted by Crippen LogP contribution is -2.50. The minimum atomic E-state index is -0.466. The van der Waals surface area contributed by atoms with Crippen molar-refractivity contribution in [1.29, 1.82) is 5.26 Å². The van der Waals surface area contributed by atoms with Gasteiger partial charge in [-0.05, 0) is 40.5 Å². The second kappa shape index (κ2) is 3.73. The molecule has 1 N–H and O–H groups in total. The standard InChI is InChI=1S/C11H18N2O2/c1-10(2,3)15-9(14)13-8-5-11(4,6-8)7-12/h8H,5-6H2,1-4H3,(H,13,14). The van der Waals surface area contributed by atoms with Gasteiger partial charge in [-0.3, -0.25) is 0 Å². The molecule has 1 amide bonds. The highest BCUT2D eigenvalue weighted by Crippen LogP contribution is 2.39. The van der Waals surface area contributed by atoms with Gasteiger partial charge in [0, 0.05) is 6.04 Å². The average molecular weight is 210 g/mol. The molecule has 0 heterocycles. The molecule has 0 saturated heterocycles. The summed E-state index contributed by atoms with van der Waals surface area (Å²) in [5, 5.41) is 11.5. The third-order valence-electron chi connectivity index (χ3n) is 2.38. The van der Waals surface area contributed by atoms with Crippen LogP contribution in [0.4, 0.5) is 4.79 Å². The number of ether oxygens (including phenoxy) is 1. The largest absolute Gasteiger partial charge is 0.444 e. The first kappa shape index (κ1) is 11.8. The number of nitrogens with one attached hydrogen (secondary N) is 1. The van der Waals surface area contributed by atoms with E-state index >= 15 is 0 Å². The molecule has 1 aliphatic rings. The van der Waals surface area contributed by atoms with Crippen LogP contribution in [0.25, 0.3) is 0 Å². The van der Waals surface area contributed by atoms with Gasteiger partial charge >= 0.3 is 6.09 Å². The van der Waals surface area contributed by atoms with E-state index in [9.17, 15) is 4.79 Å². The Kier molecular flexibility index (Phi) is 2.94. The Morgan fingerprint density at radius 3 is 2.47 bits per heavy atom. The molecule has 0 aromatic carbocycles. The zero-order valence-corrected chi connectivity index (χ0v) is 9.76. The second-order valence-corrected chi connectivity index (χ2v) is 5.42. The van der Waals surface area contributed by atoms with E-state index in [1.807, 2.05) is 27.7 Å². The van der Waals surface area contributed by atoms with Gasteiger partial charge in [-0.15, -0.1) is 0 Å². The van der Waals surface area contributed by atoms with Crippen molar-refractivity contribution in [2.24, 2.45) is 5.41 Å². The van der Waals surface area contributed by atoms with Crippen LogP contribution in [0.5, 0.6) is 0 Å². The smallest absolute Gasteiger partial charge is 0.407 e. The second-order valence-electron chi connectivity index (χ2n) is 5.42. The summed E-state index contributed by atoms with van der Waals surface area (Å²) in [4.78, 5) is 11.3. The SMILES string of the molecule is CC1(C#N)CC(NC(=O)OC(C)(C)C)C1. The molecule has 1 rings (SSSR count). The Hall–Kier alpha value is -1.24. The van der Waals surface area contributed by atoms with Gasteiger partial charge in [0.15, 0.2) is 0 Å². The number of nitriles is 1. The highest BCUT2D eigenvalue weighted by atomic mass is 16.6. The summed E-state index contributed by atoms with van der Waals surface area (Å²) in [7, 11) is 0. The van der Waals surface area contributed by atoms with E-state index in [0.29, 0.717) is 12.8 Å². The highest BCUT2D eigenvalue weighted by Gasteiger charge is 2.41. The maximum absolute atomic E-state index is 11.3. The Morgan fingerprint density at radius 1 is 1.53 bits per heavy atom. The molecule has 0 radical (unpaired) electrons. The van der Waals surface area contributed by atoms with Crippen LogP contribution in [0.2, 0.25) is 0 Å². The molecule has 1 fully saturated rings. The minimum Gasteiger partial charge on any atom is -0.444 e. The number of carbonyl (C=O) groups excluding carboxylic acids is 1. The number of alkyl carbamates (subject to hydrolysis) is 1. The molecule has 0 unspecified atom stereocenters. The number of carbonyl (C=O) groups is 1. The summed E-state index contributed by atoms with van der Waals surface area (Å²) in [5.74, 6) is 0. The predicted octanol–water partition coefficient (Wildman–Crippen LogP) is 2.20. The molecule has 0 atom stereocenters. The minimum absolute atomic E-state index is 0.0875. The van der Waals surface area contributed by atoms with Crippen LogP contribution in [0.1, 0.15) is 40.5 Å². The van der Waals surface area contributed by atoms with Gasteiger partial charge in [-0.25, -0.2) is 4.79 Å². The molecule has 0 spiro atoms. The molecule has 15 heavy (non-hydrogen) atoms. The van der Waals surface area contributed by atoms with Crippen molar-refractivity contribution in [2.75, 3.05) is 0 Å². The number of rotatable bonds is 1. The van der Waals surface area contributed by atoms with E-state index in [1.165, 1.54) is 0 Å². The van der Waals surface area contributed by atoms with Crippen molar-refractivity contribution in [2.45, 2.75) is 52.2 Å². The van der Waals surface area contributed by atoms with Crippen molar-refractivity contribution in [3.05, 3.63) is 0 Å². The fourth-order valence-corrected chi connectivity index (χ4v) is 1.70. The quantitative estimate of drug-likeness (QED) is 0.721. The van der Waals surface area contributed by atoms with Gasteiger partial charge in [0.25, 0.3) is 0 Å². The van der Waals surface area contributed by atoms with Gasteiger partial charge in [-0.2, -0.15) is 5.26 Å². The Morgan fingerprint density at radius 2 is 2.07 bits per heavy atom. The van der Waals surface area contributed by atoms with Crippen molar-refractivity contribution >= 4 is 6.09 Å². The summed E-state index contributed by atoms with van der Waals surface area (Å²) in [6, 6.07) is 2.32. The third kappa shape index (κ3) is 3.43. The fourth-order valence-electron chi connectivity index (χ4n) is 1.70. The van der Waals surface area contributed by atoms with Gasteiger partial charge in [0.1, 0.15) is 5.60 Å². The van der Waals surface area contributed by atoms with Crippen LogP contribution in [0, 0.1) is 16.7 Å². The van der Waals surface area contributed by atoms with E-state index in [0.717, 1.165) is 0 Å². The Bertz CT molecular complexity index is 293. The topological polar surface area (TPSA) is 62.1 Å². The molecule has 0 aromatic rings. The fraction of sp³-hybridized carbons (Fsp3) is 0.818.